The van der Waals surface area contributed by atoms with Gasteiger partial charge in [0.1, 0.15) is 5.82 Å². The van der Waals surface area contributed by atoms with E-state index in [1.54, 1.807) is 42.6 Å². The van der Waals surface area contributed by atoms with Gasteiger partial charge in [-0.25, -0.2) is 4.98 Å². The van der Waals surface area contributed by atoms with Crippen LogP contribution < -0.4 is 10.6 Å². The summed E-state index contributed by atoms with van der Waals surface area (Å²) in [6.45, 7) is 0. The zero-order valence-electron chi connectivity index (χ0n) is 11.7. The summed E-state index contributed by atoms with van der Waals surface area (Å²) < 4.78 is 0. The molecule has 0 bridgehead atoms. The largest absolute Gasteiger partial charge is 0.338 e. The van der Waals surface area contributed by atoms with E-state index in [2.05, 4.69) is 15.6 Å². The minimum absolute atomic E-state index is 0.156. The molecular weight excluding hydrogens is 353 g/mol. The number of hydrogen-bond donors (Lipinski definition) is 2. The first-order chi connectivity index (χ1) is 11.1. The van der Waals surface area contributed by atoms with Crippen molar-refractivity contribution in [3.8, 4) is 0 Å². The summed E-state index contributed by atoms with van der Waals surface area (Å²) in [6.07, 6.45) is 1.57. The molecule has 0 unspecified atom stereocenters. The van der Waals surface area contributed by atoms with Crippen LogP contribution in [-0.4, -0.2) is 10.9 Å². The Morgan fingerprint density at radius 3 is 2.43 bits per heavy atom. The predicted molar refractivity (Wildman–Crippen MR) is 96.3 cm³/mol. The Morgan fingerprint density at radius 1 is 1.04 bits per heavy atom. The average Bonchev–Trinajstić information content (AvgIpc) is 3.07. The number of nitrogens with one attached hydrogen (secondary N) is 2. The highest BCUT2D eigenvalue weighted by Gasteiger charge is 2.08. The molecule has 0 radical (unpaired) electrons. The van der Waals surface area contributed by atoms with Crippen LogP contribution in [0.1, 0.15) is 9.67 Å². The number of nitrogens with zero attached hydrogens (tertiary/aromatic N) is 1. The highest BCUT2D eigenvalue weighted by atomic mass is 35.5. The van der Waals surface area contributed by atoms with E-state index in [1.807, 2.05) is 11.4 Å². The van der Waals surface area contributed by atoms with E-state index >= 15 is 0 Å². The molecule has 0 saturated carbocycles. The Morgan fingerprint density at radius 2 is 1.83 bits per heavy atom. The Hall–Kier alpha value is -2.08. The molecule has 0 atom stereocenters. The van der Waals surface area contributed by atoms with Crippen LogP contribution in [0.25, 0.3) is 0 Å². The first-order valence-electron chi connectivity index (χ1n) is 6.65. The molecule has 3 rings (SSSR count). The summed E-state index contributed by atoms with van der Waals surface area (Å²) in [5, 5.41) is 8.72. The number of carbonyl (C=O) groups excluding carboxylic acids is 1. The second kappa shape index (κ2) is 7.00. The van der Waals surface area contributed by atoms with Crippen LogP contribution in [0.2, 0.25) is 10.0 Å². The molecule has 2 heterocycles. The molecule has 1 aromatic carbocycles. The molecule has 0 spiro atoms. The zero-order chi connectivity index (χ0) is 16.2. The summed E-state index contributed by atoms with van der Waals surface area (Å²) >= 11 is 13.6. The number of anilines is 3. The number of pyridine rings is 1. The standard InChI is InChI=1S/C16H11Cl2N3OS/c17-11-3-1-4-12(18)15(11)21-14-7-6-10(9-19-14)20-16(22)13-5-2-8-23-13/h1-9H,(H,19,21)(H,20,22). The van der Waals surface area contributed by atoms with Crippen LogP contribution >= 0.6 is 34.5 Å². The molecular formula is C16H11Cl2N3OS. The van der Waals surface area contributed by atoms with Gasteiger partial charge in [-0.15, -0.1) is 11.3 Å². The number of hydrogen-bond acceptors (Lipinski definition) is 4. The van der Waals surface area contributed by atoms with Crippen molar-refractivity contribution in [3.63, 3.8) is 0 Å². The summed E-state index contributed by atoms with van der Waals surface area (Å²) in [5.41, 5.74) is 1.21. The SMILES string of the molecule is O=C(Nc1ccc(Nc2c(Cl)cccc2Cl)nc1)c1cccs1. The van der Waals surface area contributed by atoms with Crippen LogP contribution in [0, 0.1) is 0 Å². The first-order valence-corrected chi connectivity index (χ1v) is 8.29. The van der Waals surface area contributed by atoms with E-state index in [4.69, 9.17) is 23.2 Å². The maximum Gasteiger partial charge on any atom is 0.265 e. The van der Waals surface area contributed by atoms with Gasteiger partial charge in [-0.05, 0) is 35.7 Å². The van der Waals surface area contributed by atoms with Crippen molar-refractivity contribution in [2.24, 2.45) is 0 Å². The number of para-hydroxylation sites is 1. The monoisotopic (exact) mass is 363 g/mol. The molecule has 2 aromatic heterocycles. The van der Waals surface area contributed by atoms with Gasteiger partial charge in [0.2, 0.25) is 0 Å². The second-order valence-electron chi connectivity index (χ2n) is 4.59. The number of thiophene rings is 1. The summed E-state index contributed by atoms with van der Waals surface area (Å²) in [6, 6.07) is 12.3. The van der Waals surface area contributed by atoms with Crippen molar-refractivity contribution >= 4 is 57.6 Å². The van der Waals surface area contributed by atoms with Gasteiger partial charge in [-0.3, -0.25) is 4.79 Å². The summed E-state index contributed by atoms with van der Waals surface area (Å²) in [5.74, 6) is 0.422. The number of benzene rings is 1. The molecule has 1 amide bonds. The fourth-order valence-electron chi connectivity index (χ4n) is 1.89. The van der Waals surface area contributed by atoms with Crippen molar-refractivity contribution in [3.05, 3.63) is 69.0 Å². The lowest BCUT2D eigenvalue weighted by atomic mass is 10.3. The fraction of sp³-hybridized carbons (Fsp3) is 0. The van der Waals surface area contributed by atoms with Crippen LogP contribution in [0.3, 0.4) is 0 Å². The van der Waals surface area contributed by atoms with Gasteiger partial charge in [0.15, 0.2) is 0 Å². The molecule has 7 heteroatoms. The molecule has 23 heavy (non-hydrogen) atoms. The number of aromatic nitrogens is 1. The molecule has 0 fully saturated rings. The summed E-state index contributed by atoms with van der Waals surface area (Å²) in [7, 11) is 0. The van der Waals surface area contributed by atoms with E-state index in [9.17, 15) is 4.79 Å². The molecule has 2 N–H and O–H groups in total. The average molecular weight is 364 g/mol. The Labute approximate surface area is 147 Å². The van der Waals surface area contributed by atoms with E-state index in [0.717, 1.165) is 0 Å². The number of carbonyl (C=O) groups is 1. The lowest BCUT2D eigenvalue weighted by molar-refractivity contribution is 0.103. The number of halogens is 2. The van der Waals surface area contributed by atoms with Crippen molar-refractivity contribution < 1.29 is 4.79 Å². The third kappa shape index (κ3) is 3.82. The molecule has 0 aliphatic rings. The fourth-order valence-corrected chi connectivity index (χ4v) is 3.00. The van der Waals surface area contributed by atoms with Crippen molar-refractivity contribution in [2.45, 2.75) is 0 Å². The molecule has 4 nitrogen and oxygen atoms in total. The third-order valence-electron chi connectivity index (χ3n) is 2.98. The van der Waals surface area contributed by atoms with E-state index in [0.29, 0.717) is 32.1 Å². The molecule has 0 aliphatic heterocycles. The topological polar surface area (TPSA) is 54.0 Å². The minimum Gasteiger partial charge on any atom is -0.338 e. The number of rotatable bonds is 4. The second-order valence-corrected chi connectivity index (χ2v) is 6.35. The van der Waals surface area contributed by atoms with Gasteiger partial charge >= 0.3 is 0 Å². The first kappa shape index (κ1) is 15.8. The Kier molecular flexibility index (Phi) is 4.81. The van der Waals surface area contributed by atoms with E-state index in [-0.39, 0.29) is 5.91 Å². The van der Waals surface area contributed by atoms with Gasteiger partial charge < -0.3 is 10.6 Å². The Balaban J connectivity index is 1.71. The van der Waals surface area contributed by atoms with Crippen LogP contribution in [-0.2, 0) is 0 Å². The lowest BCUT2D eigenvalue weighted by Gasteiger charge is -2.10. The van der Waals surface area contributed by atoms with Gasteiger partial charge in [0, 0.05) is 0 Å². The maximum absolute atomic E-state index is 12.0. The highest BCUT2D eigenvalue weighted by Crippen LogP contribution is 2.32. The van der Waals surface area contributed by atoms with Crippen LogP contribution in [0.15, 0.2) is 54.0 Å². The van der Waals surface area contributed by atoms with Gasteiger partial charge in [-0.1, -0.05) is 35.3 Å². The zero-order valence-corrected chi connectivity index (χ0v) is 14.0. The van der Waals surface area contributed by atoms with Gasteiger partial charge in [-0.2, -0.15) is 0 Å². The lowest BCUT2D eigenvalue weighted by Crippen LogP contribution is -2.10. The predicted octanol–water partition coefficient (Wildman–Crippen LogP) is 5.45. The van der Waals surface area contributed by atoms with Gasteiger partial charge in [0.25, 0.3) is 5.91 Å². The summed E-state index contributed by atoms with van der Waals surface area (Å²) in [4.78, 5) is 16.9. The normalized spacial score (nSPS) is 10.3. The third-order valence-corrected chi connectivity index (χ3v) is 4.48. The molecule has 0 aliphatic carbocycles. The van der Waals surface area contributed by atoms with Crippen LogP contribution in [0.4, 0.5) is 17.2 Å². The van der Waals surface area contributed by atoms with Gasteiger partial charge in [0.05, 0.1) is 32.5 Å². The van der Waals surface area contributed by atoms with Crippen LogP contribution in [0.5, 0.6) is 0 Å². The molecule has 0 saturated heterocycles. The Bertz CT molecular complexity index is 800. The number of amides is 1. The van der Waals surface area contributed by atoms with E-state index < -0.39 is 0 Å². The maximum atomic E-state index is 12.0. The van der Waals surface area contributed by atoms with Crippen molar-refractivity contribution in [2.75, 3.05) is 10.6 Å². The van der Waals surface area contributed by atoms with Crippen molar-refractivity contribution in [1.29, 1.82) is 0 Å². The smallest absolute Gasteiger partial charge is 0.265 e. The highest BCUT2D eigenvalue weighted by molar-refractivity contribution is 7.12. The molecule has 116 valence electrons. The van der Waals surface area contributed by atoms with E-state index in [1.165, 1.54) is 11.3 Å². The quantitative estimate of drug-likeness (QED) is 0.648. The molecule has 3 aromatic rings. The van der Waals surface area contributed by atoms with Crippen molar-refractivity contribution in [1.82, 2.24) is 4.98 Å². The minimum atomic E-state index is -0.156.